The van der Waals surface area contributed by atoms with Gasteiger partial charge in [-0.05, 0) is 30.3 Å². The number of aromatic amines is 1. The lowest BCUT2D eigenvalue weighted by molar-refractivity contribution is 0.312. The zero-order valence-corrected chi connectivity index (χ0v) is 15.2. The highest BCUT2D eigenvalue weighted by atomic mass is 19.1. The van der Waals surface area contributed by atoms with Gasteiger partial charge in [0.1, 0.15) is 23.9 Å². The SMILES string of the molecule is Nc1[nH]c(=O)nc2c1C(c1cc3cccnc3n1-c1ccccc1F)NCCO2. The van der Waals surface area contributed by atoms with Gasteiger partial charge in [0.15, 0.2) is 0 Å². The van der Waals surface area contributed by atoms with Crippen LogP contribution < -0.4 is 21.5 Å². The van der Waals surface area contributed by atoms with E-state index in [9.17, 15) is 9.18 Å². The Bertz CT molecular complexity index is 1280. The molecule has 0 saturated heterocycles. The molecular weight excluding hydrogens is 375 g/mol. The Morgan fingerprint density at radius 2 is 2.10 bits per heavy atom. The molecule has 0 saturated carbocycles. The molecule has 0 radical (unpaired) electrons. The number of pyridine rings is 1. The van der Waals surface area contributed by atoms with E-state index in [1.165, 1.54) is 6.07 Å². The third kappa shape index (κ3) is 2.83. The normalized spacial score (nSPS) is 16.2. The number of benzene rings is 1. The summed E-state index contributed by atoms with van der Waals surface area (Å²) in [6.07, 6.45) is 1.66. The van der Waals surface area contributed by atoms with Crippen LogP contribution in [0.2, 0.25) is 0 Å². The van der Waals surface area contributed by atoms with Crippen molar-refractivity contribution in [2.24, 2.45) is 0 Å². The maximum Gasteiger partial charge on any atom is 0.349 e. The molecule has 0 aliphatic carbocycles. The second-order valence-corrected chi connectivity index (χ2v) is 6.68. The number of hydrogen-bond acceptors (Lipinski definition) is 6. The summed E-state index contributed by atoms with van der Waals surface area (Å²) in [6.45, 7) is 0.804. The Kier molecular flexibility index (Phi) is 4.02. The summed E-state index contributed by atoms with van der Waals surface area (Å²) in [7, 11) is 0. The molecule has 8 nitrogen and oxygen atoms in total. The van der Waals surface area contributed by atoms with Crippen molar-refractivity contribution in [2.45, 2.75) is 6.04 Å². The van der Waals surface area contributed by atoms with Gasteiger partial charge in [0.2, 0.25) is 5.88 Å². The molecule has 5 rings (SSSR count). The van der Waals surface area contributed by atoms with Crippen molar-refractivity contribution in [3.8, 4) is 11.6 Å². The average molecular weight is 392 g/mol. The molecule has 146 valence electrons. The molecular formula is C20H17FN6O2. The van der Waals surface area contributed by atoms with Crippen LogP contribution in [0.4, 0.5) is 10.2 Å². The van der Waals surface area contributed by atoms with Crippen LogP contribution in [0.25, 0.3) is 16.7 Å². The predicted molar refractivity (Wildman–Crippen MR) is 106 cm³/mol. The highest BCUT2D eigenvalue weighted by molar-refractivity contribution is 5.80. The first-order chi connectivity index (χ1) is 14.1. The van der Waals surface area contributed by atoms with Gasteiger partial charge < -0.3 is 15.8 Å². The molecule has 0 bridgehead atoms. The van der Waals surface area contributed by atoms with Crippen molar-refractivity contribution >= 4 is 16.9 Å². The minimum atomic E-state index is -0.585. The van der Waals surface area contributed by atoms with Gasteiger partial charge in [-0.1, -0.05) is 12.1 Å². The van der Waals surface area contributed by atoms with Gasteiger partial charge in [-0.3, -0.25) is 9.55 Å². The lowest BCUT2D eigenvalue weighted by Crippen LogP contribution is -2.27. The summed E-state index contributed by atoms with van der Waals surface area (Å²) in [5.74, 6) is -0.0631. The van der Waals surface area contributed by atoms with Gasteiger partial charge in [-0.25, -0.2) is 14.2 Å². The smallest absolute Gasteiger partial charge is 0.349 e. The Balaban J connectivity index is 1.82. The molecule has 9 heteroatoms. The summed E-state index contributed by atoms with van der Waals surface area (Å²) in [6, 6.07) is 11.7. The molecule has 4 N–H and O–H groups in total. The quantitative estimate of drug-likeness (QED) is 0.481. The van der Waals surface area contributed by atoms with Crippen LogP contribution >= 0.6 is 0 Å². The fraction of sp³-hybridized carbons (Fsp3) is 0.150. The van der Waals surface area contributed by atoms with E-state index in [-0.39, 0.29) is 17.5 Å². The van der Waals surface area contributed by atoms with Crippen molar-refractivity contribution in [1.82, 2.24) is 24.8 Å². The standard InChI is InChI=1S/C20H17FN6O2/c21-12-5-1-2-6-13(12)27-14(10-11-4-3-7-24-18(11)27)16-15-17(22)25-20(28)26-19(15)29-9-8-23-16/h1-7,10,16,23H,8-9H2,(H3,22,25,26,28). The van der Waals surface area contributed by atoms with E-state index in [0.29, 0.717) is 35.7 Å². The zero-order chi connectivity index (χ0) is 20.0. The van der Waals surface area contributed by atoms with Gasteiger partial charge >= 0.3 is 5.69 Å². The topological polar surface area (TPSA) is 111 Å². The van der Waals surface area contributed by atoms with E-state index < -0.39 is 11.7 Å². The maximum absolute atomic E-state index is 14.8. The summed E-state index contributed by atoms with van der Waals surface area (Å²) in [5, 5.41) is 4.21. The number of nitrogen functional groups attached to an aromatic ring is 1. The first kappa shape index (κ1) is 17.4. The Morgan fingerprint density at radius 3 is 2.97 bits per heavy atom. The molecule has 29 heavy (non-hydrogen) atoms. The molecule has 1 aromatic carbocycles. The number of ether oxygens (including phenoxy) is 1. The fourth-order valence-electron chi connectivity index (χ4n) is 3.73. The van der Waals surface area contributed by atoms with E-state index in [2.05, 4.69) is 20.3 Å². The van der Waals surface area contributed by atoms with Crippen LogP contribution in [0, 0.1) is 5.82 Å². The van der Waals surface area contributed by atoms with Crippen molar-refractivity contribution in [2.75, 3.05) is 18.9 Å². The molecule has 4 aromatic rings. The second kappa shape index (κ2) is 6.71. The Morgan fingerprint density at radius 1 is 1.24 bits per heavy atom. The Labute approximate surface area is 164 Å². The molecule has 4 heterocycles. The van der Waals surface area contributed by atoms with E-state index in [1.54, 1.807) is 29.0 Å². The minimum absolute atomic E-state index is 0.151. The molecule has 1 aliphatic heterocycles. The van der Waals surface area contributed by atoms with Gasteiger partial charge in [0, 0.05) is 23.8 Å². The van der Waals surface area contributed by atoms with Crippen LogP contribution in [0.15, 0.2) is 53.5 Å². The van der Waals surface area contributed by atoms with Crippen molar-refractivity contribution in [3.05, 3.63) is 76.2 Å². The van der Waals surface area contributed by atoms with Crippen LogP contribution in [0.1, 0.15) is 17.3 Å². The first-order valence-corrected chi connectivity index (χ1v) is 9.10. The van der Waals surface area contributed by atoms with Gasteiger partial charge in [0.05, 0.1) is 17.3 Å². The lowest BCUT2D eigenvalue weighted by Gasteiger charge is -2.21. The number of H-pyrrole nitrogens is 1. The molecule has 1 unspecified atom stereocenters. The number of aromatic nitrogens is 4. The fourth-order valence-corrected chi connectivity index (χ4v) is 3.73. The van der Waals surface area contributed by atoms with Crippen LogP contribution in [-0.2, 0) is 0 Å². The van der Waals surface area contributed by atoms with Gasteiger partial charge in [-0.15, -0.1) is 0 Å². The number of rotatable bonds is 2. The molecule has 0 spiro atoms. The number of halogens is 1. The number of hydrogen-bond donors (Lipinski definition) is 3. The summed E-state index contributed by atoms with van der Waals surface area (Å²) < 4.78 is 22.1. The summed E-state index contributed by atoms with van der Waals surface area (Å²) >= 11 is 0. The summed E-state index contributed by atoms with van der Waals surface area (Å²) in [5.41, 5.74) is 7.73. The number of anilines is 1. The monoisotopic (exact) mass is 392 g/mol. The van der Waals surface area contributed by atoms with Crippen molar-refractivity contribution < 1.29 is 9.13 Å². The van der Waals surface area contributed by atoms with Crippen LogP contribution in [-0.4, -0.2) is 32.7 Å². The van der Waals surface area contributed by atoms with Crippen molar-refractivity contribution in [3.63, 3.8) is 0 Å². The third-order valence-electron chi connectivity index (χ3n) is 4.92. The number of fused-ring (bicyclic) bond motifs is 2. The largest absolute Gasteiger partial charge is 0.476 e. The van der Waals surface area contributed by atoms with E-state index in [1.807, 2.05) is 18.2 Å². The van der Waals surface area contributed by atoms with E-state index >= 15 is 0 Å². The summed E-state index contributed by atoms with van der Waals surface area (Å²) in [4.78, 5) is 22.7. The molecule has 1 atom stereocenters. The van der Waals surface area contributed by atoms with Crippen LogP contribution in [0.3, 0.4) is 0 Å². The Hall–Kier alpha value is -3.72. The minimum Gasteiger partial charge on any atom is -0.476 e. The van der Waals surface area contributed by atoms with Crippen molar-refractivity contribution in [1.29, 1.82) is 0 Å². The van der Waals surface area contributed by atoms with Crippen LogP contribution in [0.5, 0.6) is 5.88 Å². The first-order valence-electron chi connectivity index (χ1n) is 9.10. The lowest BCUT2D eigenvalue weighted by atomic mass is 10.0. The highest BCUT2D eigenvalue weighted by Gasteiger charge is 2.30. The maximum atomic E-state index is 14.8. The van der Waals surface area contributed by atoms with E-state index in [0.717, 1.165) is 5.39 Å². The number of nitrogens with two attached hydrogens (primary N) is 1. The number of nitrogens with one attached hydrogen (secondary N) is 2. The predicted octanol–water partition coefficient (Wildman–Crippen LogP) is 1.90. The van der Waals surface area contributed by atoms with Gasteiger partial charge in [-0.2, -0.15) is 4.98 Å². The second-order valence-electron chi connectivity index (χ2n) is 6.68. The molecule has 1 aliphatic rings. The molecule has 0 fully saturated rings. The average Bonchev–Trinajstić information content (AvgIpc) is 2.95. The van der Waals surface area contributed by atoms with E-state index in [4.69, 9.17) is 10.5 Å². The third-order valence-corrected chi connectivity index (χ3v) is 4.92. The molecule has 0 amide bonds. The highest BCUT2D eigenvalue weighted by Crippen LogP contribution is 2.36. The molecule has 3 aromatic heterocycles. The number of para-hydroxylation sites is 1. The zero-order valence-electron chi connectivity index (χ0n) is 15.2. The van der Waals surface area contributed by atoms with Gasteiger partial charge in [0.25, 0.3) is 0 Å². The number of nitrogens with zero attached hydrogens (tertiary/aromatic N) is 3.